The minimum absolute atomic E-state index is 0.196. The van der Waals surface area contributed by atoms with Gasteiger partial charge in [0.1, 0.15) is 12.4 Å². The van der Waals surface area contributed by atoms with E-state index >= 15 is 0 Å². The molecule has 0 spiro atoms. The van der Waals surface area contributed by atoms with Gasteiger partial charge in [0.25, 0.3) is 5.79 Å². The number of aldehydes is 1. The van der Waals surface area contributed by atoms with Crippen LogP contribution in [-0.4, -0.2) is 38.6 Å². The third-order valence-electron chi connectivity index (χ3n) is 1.64. The van der Waals surface area contributed by atoms with E-state index in [2.05, 4.69) is 0 Å². The highest BCUT2D eigenvalue weighted by Gasteiger charge is 2.41. The molecule has 0 saturated heterocycles. The first kappa shape index (κ1) is 8.92. The zero-order chi connectivity index (χ0) is 9.35. The maximum Gasteiger partial charge on any atom is 0.253 e. The summed E-state index contributed by atoms with van der Waals surface area (Å²) in [5, 5.41) is 35.9. The highest BCUT2D eigenvalue weighted by atomic mass is 16.5. The van der Waals surface area contributed by atoms with Crippen molar-refractivity contribution in [2.45, 2.75) is 11.9 Å². The molecule has 0 fully saturated rings. The number of carbonyl (C=O) groups excluding carboxylic acids is 1. The Bertz CT molecular complexity index is 263. The highest BCUT2D eigenvalue weighted by molar-refractivity contribution is 5.76. The van der Waals surface area contributed by atoms with Crippen LogP contribution in [0.3, 0.4) is 0 Å². The Morgan fingerprint density at radius 1 is 1.42 bits per heavy atom. The molecule has 4 N–H and O–H groups in total. The average Bonchev–Trinajstić information content (AvgIpc) is 2.02. The van der Waals surface area contributed by atoms with Gasteiger partial charge in [-0.3, -0.25) is 4.79 Å². The van der Waals surface area contributed by atoms with Crippen molar-refractivity contribution in [2.75, 3.05) is 0 Å². The molecule has 0 saturated carbocycles. The lowest BCUT2D eigenvalue weighted by atomic mass is 9.95. The number of hydrogen-bond acceptors (Lipinski definition) is 5. The van der Waals surface area contributed by atoms with Gasteiger partial charge in [-0.2, -0.15) is 0 Å². The Balaban J connectivity index is 3.08. The van der Waals surface area contributed by atoms with Crippen LogP contribution in [0.25, 0.3) is 0 Å². The van der Waals surface area contributed by atoms with E-state index in [9.17, 15) is 4.79 Å². The molecule has 0 heterocycles. The first-order chi connectivity index (χ1) is 5.50. The van der Waals surface area contributed by atoms with Gasteiger partial charge in [0.15, 0.2) is 5.76 Å². The molecule has 1 atom stereocenters. The number of aliphatic hydroxyl groups excluding tert-OH is 2. The number of rotatable bonds is 1. The molecule has 0 aromatic rings. The van der Waals surface area contributed by atoms with Crippen LogP contribution in [0.2, 0.25) is 0 Å². The number of aliphatic hydroxyl groups is 4. The first-order valence-electron chi connectivity index (χ1n) is 3.19. The molecule has 1 aliphatic carbocycles. The quantitative estimate of drug-likeness (QED) is 0.288. The molecule has 1 rings (SSSR count). The minimum Gasteiger partial charge on any atom is -0.507 e. The fraction of sp³-hybridized carbons (Fsp3) is 0.286. The molecular weight excluding hydrogens is 164 g/mol. The molecule has 0 bridgehead atoms. The summed E-state index contributed by atoms with van der Waals surface area (Å²) in [5.41, 5.74) is -0.196. The van der Waals surface area contributed by atoms with Crippen molar-refractivity contribution in [2.24, 2.45) is 0 Å². The fourth-order valence-corrected chi connectivity index (χ4v) is 0.865. The van der Waals surface area contributed by atoms with E-state index < -0.39 is 17.7 Å². The third-order valence-corrected chi connectivity index (χ3v) is 1.64. The second-order valence-corrected chi connectivity index (χ2v) is 2.47. The van der Waals surface area contributed by atoms with Crippen molar-refractivity contribution in [3.8, 4) is 0 Å². The van der Waals surface area contributed by atoms with Crippen LogP contribution < -0.4 is 0 Å². The van der Waals surface area contributed by atoms with Crippen LogP contribution in [0, 0.1) is 0 Å². The van der Waals surface area contributed by atoms with Gasteiger partial charge in [0, 0.05) is 5.57 Å². The Kier molecular flexibility index (Phi) is 2.01. The van der Waals surface area contributed by atoms with Gasteiger partial charge in [0.05, 0.1) is 0 Å². The van der Waals surface area contributed by atoms with E-state index in [-0.39, 0.29) is 11.9 Å². The Morgan fingerprint density at radius 2 is 2.00 bits per heavy atom. The molecule has 0 aliphatic heterocycles. The second kappa shape index (κ2) is 2.71. The van der Waals surface area contributed by atoms with Crippen LogP contribution in [0.1, 0.15) is 0 Å². The normalized spacial score (nSPS) is 27.4. The van der Waals surface area contributed by atoms with Gasteiger partial charge in [-0.25, -0.2) is 0 Å². The van der Waals surface area contributed by atoms with Crippen molar-refractivity contribution < 1.29 is 25.2 Å². The molecule has 1 unspecified atom stereocenters. The summed E-state index contributed by atoms with van der Waals surface area (Å²) in [6.07, 6.45) is 0.531. The lowest BCUT2D eigenvalue weighted by Crippen LogP contribution is -2.46. The summed E-state index contributed by atoms with van der Waals surface area (Å²) in [6, 6.07) is 0. The summed E-state index contributed by atoms with van der Waals surface area (Å²) in [5.74, 6) is -3.55. The van der Waals surface area contributed by atoms with Gasteiger partial charge >= 0.3 is 0 Å². The Labute approximate surface area is 67.9 Å². The molecule has 1 aliphatic rings. The van der Waals surface area contributed by atoms with Crippen LogP contribution >= 0.6 is 0 Å². The standard InChI is InChI=1S/C7H8O5/c8-3-4-1-2-5(9)7(11,12)6(4)10/h1-3,6,9-12H. The second-order valence-electron chi connectivity index (χ2n) is 2.47. The predicted molar refractivity (Wildman–Crippen MR) is 38.0 cm³/mol. The lowest BCUT2D eigenvalue weighted by molar-refractivity contribution is -0.205. The van der Waals surface area contributed by atoms with Gasteiger partial charge in [-0.05, 0) is 12.2 Å². The van der Waals surface area contributed by atoms with Crippen molar-refractivity contribution >= 4 is 6.29 Å². The molecule has 5 heteroatoms. The highest BCUT2D eigenvalue weighted by Crippen LogP contribution is 2.24. The molecule has 0 amide bonds. The van der Waals surface area contributed by atoms with E-state index in [1.807, 2.05) is 0 Å². The van der Waals surface area contributed by atoms with Crippen molar-refractivity contribution in [1.82, 2.24) is 0 Å². The van der Waals surface area contributed by atoms with E-state index in [4.69, 9.17) is 20.4 Å². The molecule has 0 radical (unpaired) electrons. The summed E-state index contributed by atoms with van der Waals surface area (Å²) >= 11 is 0. The van der Waals surface area contributed by atoms with Crippen LogP contribution in [0.15, 0.2) is 23.5 Å². The van der Waals surface area contributed by atoms with Crippen molar-refractivity contribution in [3.63, 3.8) is 0 Å². The topological polar surface area (TPSA) is 98.0 Å². The number of allylic oxidation sites excluding steroid dienone is 2. The zero-order valence-electron chi connectivity index (χ0n) is 6.01. The smallest absolute Gasteiger partial charge is 0.253 e. The third kappa shape index (κ3) is 1.14. The molecular formula is C7H8O5. The van der Waals surface area contributed by atoms with Crippen molar-refractivity contribution in [1.29, 1.82) is 0 Å². The minimum atomic E-state index is -2.76. The van der Waals surface area contributed by atoms with Crippen molar-refractivity contribution in [3.05, 3.63) is 23.5 Å². The number of carbonyl (C=O) groups is 1. The molecule has 12 heavy (non-hydrogen) atoms. The lowest BCUT2D eigenvalue weighted by Gasteiger charge is -2.28. The first-order valence-corrected chi connectivity index (χ1v) is 3.19. The molecule has 0 aromatic carbocycles. The van der Waals surface area contributed by atoms with E-state index in [0.29, 0.717) is 0 Å². The predicted octanol–water partition coefficient (Wildman–Crippen LogP) is -1.39. The van der Waals surface area contributed by atoms with Crippen LogP contribution in [0.4, 0.5) is 0 Å². The monoisotopic (exact) mass is 172 g/mol. The summed E-state index contributed by atoms with van der Waals surface area (Å²) < 4.78 is 0. The number of hydrogen-bond donors (Lipinski definition) is 4. The largest absolute Gasteiger partial charge is 0.507 e. The van der Waals surface area contributed by atoms with E-state index in [1.165, 1.54) is 0 Å². The molecule has 5 nitrogen and oxygen atoms in total. The zero-order valence-corrected chi connectivity index (χ0v) is 6.01. The molecule has 66 valence electrons. The van der Waals surface area contributed by atoms with Gasteiger partial charge in [0.2, 0.25) is 0 Å². The summed E-state index contributed by atoms with van der Waals surface area (Å²) in [6.45, 7) is 0. The Hall–Kier alpha value is -1.17. The maximum atomic E-state index is 10.2. The van der Waals surface area contributed by atoms with Crippen LogP contribution in [0.5, 0.6) is 0 Å². The van der Waals surface area contributed by atoms with E-state index in [0.717, 1.165) is 12.2 Å². The Morgan fingerprint density at radius 3 is 2.50 bits per heavy atom. The fourth-order valence-electron chi connectivity index (χ4n) is 0.865. The van der Waals surface area contributed by atoms with E-state index in [1.54, 1.807) is 0 Å². The van der Waals surface area contributed by atoms with Gasteiger partial charge < -0.3 is 20.4 Å². The average molecular weight is 172 g/mol. The SMILES string of the molecule is O=CC1=CC=C(O)C(O)(O)C1O. The van der Waals surface area contributed by atoms with Gasteiger partial charge in [-0.1, -0.05) is 0 Å². The van der Waals surface area contributed by atoms with Gasteiger partial charge in [-0.15, -0.1) is 0 Å². The summed E-state index contributed by atoms with van der Waals surface area (Å²) in [7, 11) is 0. The maximum absolute atomic E-state index is 10.2. The molecule has 0 aromatic heterocycles. The summed E-state index contributed by atoms with van der Waals surface area (Å²) in [4.78, 5) is 10.2. The van der Waals surface area contributed by atoms with Crippen LogP contribution in [-0.2, 0) is 4.79 Å².